The topological polar surface area (TPSA) is 90.7 Å². The Kier molecular flexibility index (Phi) is 6.87. The summed E-state index contributed by atoms with van der Waals surface area (Å²) >= 11 is 0. The van der Waals surface area contributed by atoms with Gasteiger partial charge in [0.25, 0.3) is 5.69 Å². The van der Waals surface area contributed by atoms with E-state index in [1.807, 2.05) is 43.3 Å². The van der Waals surface area contributed by atoms with Gasteiger partial charge in [0.05, 0.1) is 25.2 Å². The van der Waals surface area contributed by atoms with Gasteiger partial charge in [0.2, 0.25) is 0 Å². The van der Waals surface area contributed by atoms with Gasteiger partial charge in [-0.15, -0.1) is 0 Å². The highest BCUT2D eigenvalue weighted by molar-refractivity contribution is 5.96. The number of rotatable bonds is 9. The molecule has 0 aliphatic rings. The van der Waals surface area contributed by atoms with Gasteiger partial charge in [-0.3, -0.25) is 14.9 Å². The quantitative estimate of drug-likeness (QED) is 0.285. The molecule has 3 rings (SSSR count). The summed E-state index contributed by atoms with van der Waals surface area (Å²) in [6.45, 7) is 1.97. The van der Waals surface area contributed by atoms with Gasteiger partial charge < -0.3 is 14.8 Å². The zero-order valence-electron chi connectivity index (χ0n) is 17.6. The van der Waals surface area contributed by atoms with E-state index in [0.29, 0.717) is 22.7 Å². The van der Waals surface area contributed by atoms with Crippen LogP contribution in [0.15, 0.2) is 66.7 Å². The summed E-state index contributed by atoms with van der Waals surface area (Å²) in [5.41, 5.74) is 3.21. The third-order valence-electron chi connectivity index (χ3n) is 4.99. The van der Waals surface area contributed by atoms with Crippen LogP contribution >= 0.6 is 0 Å². The van der Waals surface area contributed by atoms with Gasteiger partial charge in [-0.1, -0.05) is 35.9 Å². The molecule has 0 aliphatic heterocycles. The normalized spacial score (nSPS) is 11.5. The number of nitrogens with zero attached hydrogens (tertiary/aromatic N) is 1. The number of nitro groups is 1. The molecule has 3 aromatic rings. The molecule has 1 N–H and O–H groups in total. The number of nitro benzene ring substituents is 1. The van der Waals surface area contributed by atoms with Crippen LogP contribution in [0.4, 0.5) is 11.4 Å². The van der Waals surface area contributed by atoms with Crippen molar-refractivity contribution in [3.8, 4) is 11.5 Å². The molecule has 31 heavy (non-hydrogen) atoms. The highest BCUT2D eigenvalue weighted by atomic mass is 16.6. The lowest BCUT2D eigenvalue weighted by Crippen LogP contribution is -2.16. The summed E-state index contributed by atoms with van der Waals surface area (Å²) in [7, 11) is 3.11. The van der Waals surface area contributed by atoms with E-state index in [1.54, 1.807) is 32.4 Å². The molecule has 0 heterocycles. The Morgan fingerprint density at radius 1 is 0.968 bits per heavy atom. The fraction of sp³-hybridized carbons (Fsp3) is 0.208. The minimum atomic E-state index is -0.448. The minimum Gasteiger partial charge on any atom is -0.493 e. The lowest BCUT2D eigenvalue weighted by atomic mass is 9.96. The van der Waals surface area contributed by atoms with Gasteiger partial charge in [-0.2, -0.15) is 0 Å². The van der Waals surface area contributed by atoms with Crippen LogP contribution in [0.25, 0.3) is 0 Å². The van der Waals surface area contributed by atoms with Crippen LogP contribution in [0.5, 0.6) is 11.5 Å². The number of ether oxygens (including phenoxy) is 2. The van der Waals surface area contributed by atoms with Crippen LogP contribution in [-0.4, -0.2) is 24.9 Å². The van der Waals surface area contributed by atoms with E-state index in [4.69, 9.17) is 9.47 Å². The number of hydrogen-bond donors (Lipinski definition) is 1. The van der Waals surface area contributed by atoms with E-state index in [1.165, 1.54) is 12.1 Å². The largest absolute Gasteiger partial charge is 0.493 e. The van der Waals surface area contributed by atoms with Crippen molar-refractivity contribution in [3.63, 3.8) is 0 Å². The maximum absolute atomic E-state index is 13.0. The average Bonchev–Trinajstić information content (AvgIpc) is 2.78. The molecule has 0 saturated heterocycles. The summed E-state index contributed by atoms with van der Waals surface area (Å²) in [5.74, 6) is 1.12. The van der Waals surface area contributed by atoms with E-state index < -0.39 is 4.92 Å². The lowest BCUT2D eigenvalue weighted by Gasteiger charge is -2.21. The van der Waals surface area contributed by atoms with Gasteiger partial charge in [-0.25, -0.2) is 0 Å². The molecular formula is C24H24N2O5. The van der Waals surface area contributed by atoms with Crippen LogP contribution in [-0.2, 0) is 0 Å². The number of methoxy groups -OCH3 is 2. The second-order valence-corrected chi connectivity index (χ2v) is 7.11. The van der Waals surface area contributed by atoms with E-state index in [9.17, 15) is 14.9 Å². The Labute approximate surface area is 180 Å². The first-order valence-corrected chi connectivity index (χ1v) is 9.74. The molecule has 0 saturated carbocycles. The Balaban J connectivity index is 1.91. The number of Topliss-reactive ketones (excluding diaryl/α,β-unsaturated/α-hetero) is 1. The summed E-state index contributed by atoms with van der Waals surface area (Å²) in [5, 5.41) is 14.3. The summed E-state index contributed by atoms with van der Waals surface area (Å²) < 4.78 is 10.7. The Bertz CT molecular complexity index is 1060. The summed E-state index contributed by atoms with van der Waals surface area (Å²) in [4.78, 5) is 23.4. The molecule has 0 fully saturated rings. The van der Waals surface area contributed by atoms with Gasteiger partial charge >= 0.3 is 0 Å². The average molecular weight is 420 g/mol. The predicted molar refractivity (Wildman–Crippen MR) is 119 cm³/mol. The fourth-order valence-electron chi connectivity index (χ4n) is 3.25. The van der Waals surface area contributed by atoms with Crippen molar-refractivity contribution in [1.82, 2.24) is 0 Å². The number of carbonyl (C=O) groups is 1. The van der Waals surface area contributed by atoms with E-state index in [0.717, 1.165) is 11.1 Å². The third kappa shape index (κ3) is 5.39. The van der Waals surface area contributed by atoms with Crippen molar-refractivity contribution in [2.45, 2.75) is 19.4 Å². The monoisotopic (exact) mass is 420 g/mol. The lowest BCUT2D eigenvalue weighted by molar-refractivity contribution is -0.384. The van der Waals surface area contributed by atoms with Crippen molar-refractivity contribution < 1.29 is 19.2 Å². The van der Waals surface area contributed by atoms with Crippen molar-refractivity contribution in [1.29, 1.82) is 0 Å². The van der Waals surface area contributed by atoms with Crippen LogP contribution in [0.2, 0.25) is 0 Å². The van der Waals surface area contributed by atoms with Crippen molar-refractivity contribution >= 4 is 17.2 Å². The first kappa shape index (κ1) is 21.8. The number of benzene rings is 3. The van der Waals surface area contributed by atoms with Gasteiger partial charge in [0.1, 0.15) is 0 Å². The fourth-order valence-corrected chi connectivity index (χ4v) is 3.25. The molecule has 0 aliphatic carbocycles. The van der Waals surface area contributed by atoms with Crippen LogP contribution in [0.3, 0.4) is 0 Å². The van der Waals surface area contributed by atoms with Crippen molar-refractivity contribution in [3.05, 3.63) is 93.5 Å². The molecule has 1 unspecified atom stereocenters. The maximum Gasteiger partial charge on any atom is 0.269 e. The number of aryl methyl sites for hydroxylation is 1. The number of ketones is 1. The summed E-state index contributed by atoms with van der Waals surface area (Å²) in [6.07, 6.45) is 0.190. The Morgan fingerprint density at radius 2 is 1.61 bits per heavy atom. The zero-order valence-corrected chi connectivity index (χ0v) is 17.6. The maximum atomic E-state index is 13.0. The molecule has 160 valence electrons. The molecule has 0 aromatic heterocycles. The predicted octanol–water partition coefficient (Wildman–Crippen LogP) is 5.35. The van der Waals surface area contributed by atoms with Crippen LogP contribution in [0, 0.1) is 17.0 Å². The Morgan fingerprint density at radius 3 is 2.19 bits per heavy atom. The van der Waals surface area contributed by atoms with Crippen molar-refractivity contribution in [2.24, 2.45) is 0 Å². The molecule has 7 nitrogen and oxygen atoms in total. The molecule has 7 heteroatoms. The number of carbonyl (C=O) groups excluding carboxylic acids is 1. The second kappa shape index (κ2) is 9.75. The smallest absolute Gasteiger partial charge is 0.269 e. The van der Waals surface area contributed by atoms with E-state index >= 15 is 0 Å². The van der Waals surface area contributed by atoms with E-state index in [-0.39, 0.29) is 23.9 Å². The number of nitrogens with one attached hydrogen (secondary N) is 1. The first-order chi connectivity index (χ1) is 14.9. The van der Waals surface area contributed by atoms with Gasteiger partial charge in [-0.05, 0) is 36.8 Å². The van der Waals surface area contributed by atoms with Crippen molar-refractivity contribution in [2.75, 3.05) is 19.5 Å². The number of hydrogen-bond acceptors (Lipinski definition) is 6. The third-order valence-corrected chi connectivity index (χ3v) is 4.99. The van der Waals surface area contributed by atoms with E-state index in [2.05, 4.69) is 5.32 Å². The molecule has 0 radical (unpaired) electrons. The molecule has 0 spiro atoms. The highest BCUT2D eigenvalue weighted by Gasteiger charge is 2.20. The van der Waals surface area contributed by atoms with Gasteiger partial charge in [0, 0.05) is 29.8 Å². The molecular weight excluding hydrogens is 396 g/mol. The first-order valence-electron chi connectivity index (χ1n) is 9.74. The van der Waals surface area contributed by atoms with Crippen LogP contribution < -0.4 is 14.8 Å². The second-order valence-electron chi connectivity index (χ2n) is 7.11. The molecule has 0 amide bonds. The molecule has 3 aromatic carbocycles. The molecule has 0 bridgehead atoms. The minimum absolute atomic E-state index is 0.00366. The highest BCUT2D eigenvalue weighted by Crippen LogP contribution is 2.33. The Hall–Kier alpha value is -3.87. The number of anilines is 1. The molecule has 1 atom stereocenters. The standard InChI is InChI=1S/C24H24N2O5/c1-16-4-6-17(7-5-16)22(27)15-21(18-8-13-23(30-2)24(14-18)31-3)25-19-9-11-20(12-10-19)26(28)29/h4-14,21,25H,15H2,1-3H3. The number of non-ortho nitro benzene ring substituents is 1. The summed E-state index contributed by atoms with van der Waals surface area (Å²) in [6, 6.07) is 18.6. The zero-order chi connectivity index (χ0) is 22.4. The SMILES string of the molecule is COc1ccc(C(CC(=O)c2ccc(C)cc2)Nc2ccc([N+](=O)[O-])cc2)cc1OC. The van der Waals surface area contributed by atoms with Crippen LogP contribution in [0.1, 0.15) is 33.9 Å². The van der Waals surface area contributed by atoms with Gasteiger partial charge in [0.15, 0.2) is 17.3 Å².